The quantitative estimate of drug-likeness (QED) is 0.874. The van der Waals surface area contributed by atoms with Crippen molar-refractivity contribution in [2.75, 3.05) is 7.11 Å². The number of urea groups is 1. The number of carbonyl (C=O) groups excluding carboxylic acids is 1. The lowest BCUT2D eigenvalue weighted by atomic mass is 10.2. The Bertz CT molecular complexity index is 434. The van der Waals surface area contributed by atoms with E-state index in [-0.39, 0.29) is 6.03 Å². The molecule has 0 aromatic heterocycles. The van der Waals surface area contributed by atoms with Gasteiger partial charge >= 0.3 is 6.03 Å². The van der Waals surface area contributed by atoms with Crippen molar-refractivity contribution in [3.63, 3.8) is 0 Å². The maximum absolute atomic E-state index is 11.6. The molecular formula is C15H20N2O2. The van der Waals surface area contributed by atoms with Crippen molar-refractivity contribution in [1.82, 2.24) is 10.6 Å². The molecule has 0 spiro atoms. The van der Waals surface area contributed by atoms with E-state index in [0.29, 0.717) is 6.04 Å². The fourth-order valence-corrected chi connectivity index (χ4v) is 2.23. The van der Waals surface area contributed by atoms with Crippen molar-refractivity contribution < 1.29 is 9.53 Å². The summed E-state index contributed by atoms with van der Waals surface area (Å²) in [7, 11) is 1.64. The minimum atomic E-state index is -0.128. The van der Waals surface area contributed by atoms with Gasteiger partial charge in [0.25, 0.3) is 0 Å². The molecule has 2 N–H and O–H groups in total. The average Bonchev–Trinajstić information content (AvgIpc) is 2.92. The lowest BCUT2D eigenvalue weighted by molar-refractivity contribution is 0.240. The van der Waals surface area contributed by atoms with E-state index in [0.717, 1.165) is 24.2 Å². The Morgan fingerprint density at radius 1 is 1.26 bits per heavy atom. The standard InChI is InChI=1S/C15H20N2O2/c1-19-14-8-6-12(7-9-14)10-11-16-15(18)17-13-4-2-3-5-13/h6-11,13H,2-5H2,1H3,(H2,16,17,18)/b11-10+. The summed E-state index contributed by atoms with van der Waals surface area (Å²) in [5.41, 5.74) is 1.02. The molecular weight excluding hydrogens is 240 g/mol. The highest BCUT2D eigenvalue weighted by atomic mass is 16.5. The maximum Gasteiger partial charge on any atom is 0.318 e. The number of rotatable bonds is 4. The third-order valence-electron chi connectivity index (χ3n) is 3.30. The van der Waals surface area contributed by atoms with E-state index in [4.69, 9.17) is 4.74 Å². The minimum Gasteiger partial charge on any atom is -0.497 e. The molecule has 0 unspecified atom stereocenters. The fraction of sp³-hybridized carbons (Fsp3) is 0.400. The summed E-state index contributed by atoms with van der Waals surface area (Å²) in [6, 6.07) is 7.86. The van der Waals surface area contributed by atoms with E-state index in [9.17, 15) is 4.79 Å². The van der Waals surface area contributed by atoms with Crippen LogP contribution in [0.4, 0.5) is 4.79 Å². The minimum absolute atomic E-state index is 0.128. The zero-order valence-electron chi connectivity index (χ0n) is 11.2. The Kier molecular flexibility index (Phi) is 4.84. The molecule has 1 aromatic rings. The first-order valence-electron chi connectivity index (χ1n) is 6.65. The third-order valence-corrected chi connectivity index (χ3v) is 3.30. The number of methoxy groups -OCH3 is 1. The Morgan fingerprint density at radius 2 is 1.95 bits per heavy atom. The van der Waals surface area contributed by atoms with Crippen LogP contribution in [0.3, 0.4) is 0 Å². The number of ether oxygens (including phenoxy) is 1. The first kappa shape index (κ1) is 13.5. The van der Waals surface area contributed by atoms with E-state index >= 15 is 0 Å². The number of hydrogen-bond acceptors (Lipinski definition) is 2. The van der Waals surface area contributed by atoms with Gasteiger partial charge in [-0.3, -0.25) is 0 Å². The van der Waals surface area contributed by atoms with Crippen LogP contribution in [0.5, 0.6) is 5.75 Å². The van der Waals surface area contributed by atoms with Crippen LogP contribution in [-0.2, 0) is 0 Å². The molecule has 4 heteroatoms. The molecule has 1 aliphatic rings. The zero-order valence-corrected chi connectivity index (χ0v) is 11.2. The SMILES string of the molecule is COc1ccc(/C=C/NC(=O)NC2CCCC2)cc1. The highest BCUT2D eigenvalue weighted by molar-refractivity contribution is 5.76. The Balaban J connectivity index is 1.76. The lowest BCUT2D eigenvalue weighted by Crippen LogP contribution is -2.38. The molecule has 4 nitrogen and oxygen atoms in total. The molecule has 2 amide bonds. The van der Waals surface area contributed by atoms with Gasteiger partial charge in [-0.15, -0.1) is 0 Å². The smallest absolute Gasteiger partial charge is 0.318 e. The number of carbonyl (C=O) groups is 1. The first-order chi connectivity index (χ1) is 9.28. The number of nitrogens with one attached hydrogen (secondary N) is 2. The van der Waals surface area contributed by atoms with Crippen molar-refractivity contribution >= 4 is 12.1 Å². The molecule has 102 valence electrons. The van der Waals surface area contributed by atoms with Gasteiger partial charge in [0.2, 0.25) is 0 Å². The van der Waals surface area contributed by atoms with Gasteiger partial charge in [-0.2, -0.15) is 0 Å². The van der Waals surface area contributed by atoms with E-state index in [2.05, 4.69) is 10.6 Å². The van der Waals surface area contributed by atoms with Gasteiger partial charge in [-0.1, -0.05) is 25.0 Å². The highest BCUT2D eigenvalue weighted by Gasteiger charge is 2.16. The summed E-state index contributed by atoms with van der Waals surface area (Å²) < 4.78 is 5.08. The molecule has 0 atom stereocenters. The van der Waals surface area contributed by atoms with Crippen molar-refractivity contribution in [3.8, 4) is 5.75 Å². The van der Waals surface area contributed by atoms with Gasteiger partial charge in [-0.05, 0) is 36.6 Å². The monoisotopic (exact) mass is 260 g/mol. The van der Waals surface area contributed by atoms with Gasteiger partial charge < -0.3 is 15.4 Å². The summed E-state index contributed by atoms with van der Waals surface area (Å²) in [6.07, 6.45) is 8.13. The Morgan fingerprint density at radius 3 is 2.58 bits per heavy atom. The molecule has 2 rings (SSSR count). The summed E-state index contributed by atoms with van der Waals surface area (Å²) in [6.45, 7) is 0. The Hall–Kier alpha value is -1.97. The molecule has 1 aromatic carbocycles. The maximum atomic E-state index is 11.6. The average molecular weight is 260 g/mol. The molecule has 1 saturated carbocycles. The fourth-order valence-electron chi connectivity index (χ4n) is 2.23. The highest BCUT2D eigenvalue weighted by Crippen LogP contribution is 2.17. The summed E-state index contributed by atoms with van der Waals surface area (Å²) in [5, 5.41) is 5.69. The molecule has 1 aliphatic carbocycles. The van der Waals surface area contributed by atoms with Crippen LogP contribution in [-0.4, -0.2) is 19.2 Å². The molecule has 0 saturated heterocycles. The molecule has 0 bridgehead atoms. The van der Waals surface area contributed by atoms with Gasteiger partial charge in [-0.25, -0.2) is 4.79 Å². The number of benzene rings is 1. The van der Waals surface area contributed by atoms with Crippen LogP contribution in [0.2, 0.25) is 0 Å². The van der Waals surface area contributed by atoms with Crippen LogP contribution >= 0.6 is 0 Å². The van der Waals surface area contributed by atoms with Crippen molar-refractivity contribution in [2.24, 2.45) is 0 Å². The number of hydrogen-bond donors (Lipinski definition) is 2. The van der Waals surface area contributed by atoms with Gasteiger partial charge in [0.1, 0.15) is 5.75 Å². The second kappa shape index (κ2) is 6.83. The number of amides is 2. The Labute approximate surface area is 113 Å². The first-order valence-corrected chi connectivity index (χ1v) is 6.65. The van der Waals surface area contributed by atoms with Crippen LogP contribution < -0.4 is 15.4 Å². The lowest BCUT2D eigenvalue weighted by Gasteiger charge is -2.10. The molecule has 19 heavy (non-hydrogen) atoms. The molecule has 0 radical (unpaired) electrons. The predicted octanol–water partition coefficient (Wildman–Crippen LogP) is 2.91. The van der Waals surface area contributed by atoms with Crippen molar-refractivity contribution in [2.45, 2.75) is 31.7 Å². The molecule has 1 fully saturated rings. The predicted molar refractivity (Wildman–Crippen MR) is 76.0 cm³/mol. The van der Waals surface area contributed by atoms with E-state index in [1.807, 2.05) is 30.3 Å². The molecule has 0 heterocycles. The van der Waals surface area contributed by atoms with Crippen LogP contribution in [0.1, 0.15) is 31.2 Å². The summed E-state index contributed by atoms with van der Waals surface area (Å²) in [5.74, 6) is 0.823. The van der Waals surface area contributed by atoms with Gasteiger partial charge in [0.05, 0.1) is 7.11 Å². The van der Waals surface area contributed by atoms with E-state index < -0.39 is 0 Å². The van der Waals surface area contributed by atoms with Gasteiger partial charge in [0, 0.05) is 12.2 Å². The topological polar surface area (TPSA) is 50.4 Å². The van der Waals surface area contributed by atoms with Crippen molar-refractivity contribution in [3.05, 3.63) is 36.0 Å². The summed E-state index contributed by atoms with van der Waals surface area (Å²) in [4.78, 5) is 11.6. The van der Waals surface area contributed by atoms with E-state index in [1.165, 1.54) is 12.8 Å². The normalized spacial score (nSPS) is 15.6. The van der Waals surface area contributed by atoms with Gasteiger partial charge in [0.15, 0.2) is 0 Å². The van der Waals surface area contributed by atoms with Crippen LogP contribution in [0.15, 0.2) is 30.5 Å². The van der Waals surface area contributed by atoms with E-state index in [1.54, 1.807) is 13.3 Å². The second-order valence-corrected chi connectivity index (χ2v) is 4.71. The largest absolute Gasteiger partial charge is 0.497 e. The zero-order chi connectivity index (χ0) is 13.5. The van der Waals surface area contributed by atoms with Crippen molar-refractivity contribution in [1.29, 1.82) is 0 Å². The third kappa shape index (κ3) is 4.32. The molecule has 0 aliphatic heterocycles. The second-order valence-electron chi connectivity index (χ2n) is 4.71. The van der Waals surface area contributed by atoms with Crippen LogP contribution in [0.25, 0.3) is 6.08 Å². The summed E-state index contributed by atoms with van der Waals surface area (Å²) >= 11 is 0. The van der Waals surface area contributed by atoms with Crippen LogP contribution in [0, 0.1) is 0 Å².